The highest BCUT2D eigenvalue weighted by Crippen LogP contribution is 2.20. The first-order chi connectivity index (χ1) is 8.04. The van der Waals surface area contributed by atoms with Crippen molar-refractivity contribution in [3.8, 4) is 0 Å². The molecule has 0 saturated heterocycles. The average Bonchev–Trinajstić information content (AvgIpc) is 2.30. The molecule has 1 aromatic carbocycles. The first kappa shape index (κ1) is 14.0. The van der Waals surface area contributed by atoms with Crippen molar-refractivity contribution in [1.82, 2.24) is 0 Å². The van der Waals surface area contributed by atoms with E-state index in [1.165, 1.54) is 0 Å². The van der Waals surface area contributed by atoms with Crippen LogP contribution in [0.1, 0.15) is 25.0 Å². The average molecular weight is 256 g/mol. The molecule has 1 amide bonds. The lowest BCUT2D eigenvalue weighted by Gasteiger charge is -2.13. The topological polar surface area (TPSA) is 38.3 Å². The SMILES string of the molecule is Cc1c(COC(C)C)cccc1NC(=O)CCl. The van der Waals surface area contributed by atoms with Gasteiger partial charge in [-0.15, -0.1) is 11.6 Å². The van der Waals surface area contributed by atoms with Crippen molar-refractivity contribution in [2.45, 2.75) is 33.5 Å². The summed E-state index contributed by atoms with van der Waals surface area (Å²) in [6, 6.07) is 5.75. The van der Waals surface area contributed by atoms with Crippen LogP contribution in [0.5, 0.6) is 0 Å². The van der Waals surface area contributed by atoms with Gasteiger partial charge >= 0.3 is 0 Å². The molecule has 1 aromatic rings. The first-order valence-electron chi connectivity index (χ1n) is 5.60. The molecule has 0 aromatic heterocycles. The fraction of sp³-hybridized carbons (Fsp3) is 0.462. The third-order valence-electron chi connectivity index (χ3n) is 2.41. The first-order valence-corrected chi connectivity index (χ1v) is 6.14. The number of hydrogen-bond acceptors (Lipinski definition) is 2. The molecule has 0 bridgehead atoms. The maximum absolute atomic E-state index is 11.2. The Bertz CT molecular complexity index is 391. The number of amides is 1. The second kappa shape index (κ2) is 6.62. The summed E-state index contributed by atoms with van der Waals surface area (Å²) < 4.78 is 5.56. The van der Waals surface area contributed by atoms with Crippen molar-refractivity contribution in [1.29, 1.82) is 0 Å². The lowest BCUT2D eigenvalue weighted by Crippen LogP contribution is -2.14. The van der Waals surface area contributed by atoms with E-state index in [-0.39, 0.29) is 17.9 Å². The highest BCUT2D eigenvalue weighted by atomic mass is 35.5. The Morgan fingerprint density at radius 2 is 2.18 bits per heavy atom. The van der Waals surface area contributed by atoms with Crippen molar-refractivity contribution in [2.24, 2.45) is 0 Å². The van der Waals surface area contributed by atoms with Crippen LogP contribution in [0.25, 0.3) is 0 Å². The van der Waals surface area contributed by atoms with Gasteiger partial charge in [0, 0.05) is 5.69 Å². The van der Waals surface area contributed by atoms with E-state index in [0.717, 1.165) is 16.8 Å². The predicted molar refractivity (Wildman–Crippen MR) is 70.5 cm³/mol. The second-order valence-corrected chi connectivity index (χ2v) is 4.40. The summed E-state index contributed by atoms with van der Waals surface area (Å²) in [6.45, 7) is 6.50. The minimum absolute atomic E-state index is 0.0356. The number of rotatable bonds is 5. The zero-order valence-corrected chi connectivity index (χ0v) is 11.2. The summed E-state index contributed by atoms with van der Waals surface area (Å²) in [4.78, 5) is 11.2. The van der Waals surface area contributed by atoms with E-state index in [0.29, 0.717) is 6.61 Å². The van der Waals surface area contributed by atoms with Crippen LogP contribution in [0.3, 0.4) is 0 Å². The summed E-state index contributed by atoms with van der Waals surface area (Å²) in [5.41, 5.74) is 2.89. The molecule has 0 atom stereocenters. The molecular weight excluding hydrogens is 238 g/mol. The monoisotopic (exact) mass is 255 g/mol. The molecule has 0 fully saturated rings. The molecule has 4 heteroatoms. The summed E-state index contributed by atoms with van der Waals surface area (Å²) >= 11 is 5.46. The highest BCUT2D eigenvalue weighted by molar-refractivity contribution is 6.29. The number of alkyl halides is 1. The van der Waals surface area contributed by atoms with Gasteiger partial charge in [-0.2, -0.15) is 0 Å². The normalized spacial score (nSPS) is 10.6. The van der Waals surface area contributed by atoms with Crippen LogP contribution >= 0.6 is 11.6 Å². The number of carbonyl (C=O) groups excluding carboxylic acids is 1. The molecule has 0 unspecified atom stereocenters. The number of hydrogen-bond donors (Lipinski definition) is 1. The number of ether oxygens (including phenoxy) is 1. The van der Waals surface area contributed by atoms with Crippen molar-refractivity contribution < 1.29 is 9.53 Å². The van der Waals surface area contributed by atoms with E-state index < -0.39 is 0 Å². The van der Waals surface area contributed by atoms with E-state index in [1.54, 1.807) is 0 Å². The predicted octanol–water partition coefficient (Wildman–Crippen LogP) is 3.10. The molecule has 0 aliphatic rings. The Morgan fingerprint density at radius 1 is 1.47 bits per heavy atom. The Kier molecular flexibility index (Phi) is 5.45. The van der Waals surface area contributed by atoms with Crippen molar-refractivity contribution in [3.63, 3.8) is 0 Å². The minimum atomic E-state index is -0.198. The summed E-state index contributed by atoms with van der Waals surface area (Å²) in [5, 5.41) is 2.76. The minimum Gasteiger partial charge on any atom is -0.374 e. The Balaban J connectivity index is 2.79. The van der Waals surface area contributed by atoms with Gasteiger partial charge in [0.25, 0.3) is 0 Å². The van der Waals surface area contributed by atoms with Crippen LogP contribution < -0.4 is 5.32 Å². The molecule has 0 heterocycles. The molecule has 1 rings (SSSR count). The second-order valence-electron chi connectivity index (χ2n) is 4.13. The van der Waals surface area contributed by atoms with Gasteiger partial charge in [-0.3, -0.25) is 4.79 Å². The maximum Gasteiger partial charge on any atom is 0.239 e. The van der Waals surface area contributed by atoms with Crippen LogP contribution in [-0.2, 0) is 16.1 Å². The smallest absolute Gasteiger partial charge is 0.239 e. The number of halogens is 1. The number of carbonyl (C=O) groups is 1. The molecule has 94 valence electrons. The summed E-state index contributed by atoms with van der Waals surface area (Å²) in [6.07, 6.45) is 0.190. The van der Waals surface area contributed by atoms with E-state index in [1.807, 2.05) is 39.0 Å². The van der Waals surface area contributed by atoms with Crippen LogP contribution in [0.4, 0.5) is 5.69 Å². The van der Waals surface area contributed by atoms with E-state index >= 15 is 0 Å². The van der Waals surface area contributed by atoms with Gasteiger partial charge in [0.05, 0.1) is 12.7 Å². The van der Waals surface area contributed by atoms with Gasteiger partial charge in [-0.1, -0.05) is 12.1 Å². The molecule has 0 aliphatic heterocycles. The van der Waals surface area contributed by atoms with Gasteiger partial charge in [0.1, 0.15) is 5.88 Å². The van der Waals surface area contributed by atoms with Crippen molar-refractivity contribution in [2.75, 3.05) is 11.2 Å². The van der Waals surface area contributed by atoms with Crippen LogP contribution in [0.2, 0.25) is 0 Å². The number of anilines is 1. The Morgan fingerprint density at radius 3 is 2.76 bits per heavy atom. The van der Waals surface area contributed by atoms with E-state index in [4.69, 9.17) is 16.3 Å². The zero-order chi connectivity index (χ0) is 12.8. The van der Waals surface area contributed by atoms with Crippen LogP contribution in [0.15, 0.2) is 18.2 Å². The van der Waals surface area contributed by atoms with Gasteiger partial charge in [-0.05, 0) is 38.0 Å². The fourth-order valence-corrected chi connectivity index (χ4v) is 1.48. The molecule has 17 heavy (non-hydrogen) atoms. The molecule has 0 radical (unpaired) electrons. The van der Waals surface area contributed by atoms with Crippen LogP contribution in [-0.4, -0.2) is 17.9 Å². The fourth-order valence-electron chi connectivity index (χ4n) is 1.42. The van der Waals surface area contributed by atoms with Crippen LogP contribution in [0, 0.1) is 6.92 Å². The third-order valence-corrected chi connectivity index (χ3v) is 2.66. The molecular formula is C13H18ClNO2. The quantitative estimate of drug-likeness (QED) is 0.821. The third kappa shape index (κ3) is 4.36. The maximum atomic E-state index is 11.2. The lowest BCUT2D eigenvalue weighted by molar-refractivity contribution is -0.113. The Hall–Kier alpha value is -1.06. The van der Waals surface area contributed by atoms with Gasteiger partial charge in [0.15, 0.2) is 0 Å². The lowest BCUT2D eigenvalue weighted by atomic mass is 10.1. The van der Waals surface area contributed by atoms with Crippen molar-refractivity contribution >= 4 is 23.2 Å². The zero-order valence-electron chi connectivity index (χ0n) is 10.4. The largest absolute Gasteiger partial charge is 0.374 e. The van der Waals surface area contributed by atoms with E-state index in [2.05, 4.69) is 5.32 Å². The number of benzene rings is 1. The highest BCUT2D eigenvalue weighted by Gasteiger charge is 2.07. The molecule has 1 N–H and O–H groups in total. The summed E-state index contributed by atoms with van der Waals surface area (Å²) in [7, 11) is 0. The van der Waals surface area contributed by atoms with E-state index in [9.17, 15) is 4.79 Å². The standard InChI is InChI=1S/C13H18ClNO2/c1-9(2)17-8-11-5-4-6-12(10(11)3)15-13(16)7-14/h4-6,9H,7-8H2,1-3H3,(H,15,16). The van der Waals surface area contributed by atoms with Crippen molar-refractivity contribution in [3.05, 3.63) is 29.3 Å². The molecule has 0 aliphatic carbocycles. The summed E-state index contributed by atoms with van der Waals surface area (Å²) in [5.74, 6) is -0.233. The van der Waals surface area contributed by atoms with Gasteiger partial charge in [-0.25, -0.2) is 0 Å². The molecule has 0 saturated carbocycles. The van der Waals surface area contributed by atoms with Gasteiger partial charge < -0.3 is 10.1 Å². The van der Waals surface area contributed by atoms with Gasteiger partial charge in [0.2, 0.25) is 5.91 Å². The molecule has 0 spiro atoms. The Labute approximate surface area is 107 Å². The number of nitrogens with one attached hydrogen (secondary N) is 1. The molecule has 3 nitrogen and oxygen atoms in total.